The van der Waals surface area contributed by atoms with Crippen molar-refractivity contribution in [1.29, 1.82) is 0 Å². The van der Waals surface area contributed by atoms with Gasteiger partial charge < -0.3 is 10.2 Å². The third-order valence-electron chi connectivity index (χ3n) is 1.73. The summed E-state index contributed by atoms with van der Waals surface area (Å²) in [4.78, 5) is 10.7. The van der Waals surface area contributed by atoms with Gasteiger partial charge in [-0.1, -0.05) is 0 Å². The molecule has 0 aliphatic rings. The first-order valence-corrected chi connectivity index (χ1v) is 3.56. The highest BCUT2D eigenvalue weighted by molar-refractivity contribution is 5.91. The van der Waals surface area contributed by atoms with Gasteiger partial charge in [-0.25, -0.2) is 4.79 Å². The van der Waals surface area contributed by atoms with Gasteiger partial charge in [-0.2, -0.15) is 0 Å². The smallest absolute Gasteiger partial charge is 0.336 e. The highest BCUT2D eigenvalue weighted by Crippen LogP contribution is 2.20. The minimum atomic E-state index is -0.954. The lowest BCUT2D eigenvalue weighted by atomic mass is 10.0. The summed E-state index contributed by atoms with van der Waals surface area (Å²) < 4.78 is 0. The summed E-state index contributed by atoms with van der Waals surface area (Å²) >= 11 is 0. The molecule has 0 saturated carbocycles. The highest BCUT2D eigenvalue weighted by Gasteiger charge is 2.10. The van der Waals surface area contributed by atoms with Crippen LogP contribution >= 0.6 is 0 Å². The number of hydrogen-bond acceptors (Lipinski definition) is 2. The van der Waals surface area contributed by atoms with E-state index in [9.17, 15) is 4.79 Å². The van der Waals surface area contributed by atoms with Crippen LogP contribution in [0.25, 0.3) is 0 Å². The molecule has 1 aromatic carbocycles. The third kappa shape index (κ3) is 1.39. The van der Waals surface area contributed by atoms with Crippen molar-refractivity contribution < 1.29 is 15.0 Å². The molecule has 0 bridgehead atoms. The molecule has 0 atom stereocenters. The molecular weight excluding hydrogens is 156 g/mol. The van der Waals surface area contributed by atoms with Crippen molar-refractivity contribution in [2.45, 2.75) is 13.8 Å². The number of aromatic hydroxyl groups is 1. The van der Waals surface area contributed by atoms with E-state index in [0.29, 0.717) is 11.1 Å². The van der Waals surface area contributed by atoms with Gasteiger partial charge in [0.05, 0.1) is 5.56 Å². The normalized spacial score (nSPS) is 9.83. The van der Waals surface area contributed by atoms with E-state index in [1.807, 2.05) is 0 Å². The van der Waals surface area contributed by atoms with Gasteiger partial charge in [-0.3, -0.25) is 0 Å². The molecule has 3 nitrogen and oxygen atoms in total. The van der Waals surface area contributed by atoms with Crippen molar-refractivity contribution in [1.82, 2.24) is 0 Å². The summed E-state index contributed by atoms with van der Waals surface area (Å²) in [6.45, 7) is 3.33. The van der Waals surface area contributed by atoms with Crippen LogP contribution in [-0.2, 0) is 0 Å². The maximum absolute atomic E-state index is 10.7. The standard InChI is InChI=1S/C9H10O3/c1-5-3-7(10)4-6(2)8(5)9(11)12/h3-4,10H,1-2H3,(H,11,12). The summed E-state index contributed by atoms with van der Waals surface area (Å²) in [7, 11) is 0. The number of carbonyl (C=O) groups is 1. The van der Waals surface area contributed by atoms with E-state index in [1.165, 1.54) is 12.1 Å². The van der Waals surface area contributed by atoms with Gasteiger partial charge in [0, 0.05) is 0 Å². The Balaban J connectivity index is 3.38. The fourth-order valence-electron chi connectivity index (χ4n) is 1.28. The van der Waals surface area contributed by atoms with Crippen molar-refractivity contribution in [2.24, 2.45) is 0 Å². The minimum absolute atomic E-state index is 0.106. The van der Waals surface area contributed by atoms with Crippen molar-refractivity contribution >= 4 is 5.97 Å². The van der Waals surface area contributed by atoms with E-state index in [1.54, 1.807) is 13.8 Å². The lowest BCUT2D eigenvalue weighted by molar-refractivity contribution is 0.0695. The molecule has 1 rings (SSSR count). The van der Waals surface area contributed by atoms with Crippen molar-refractivity contribution in [2.75, 3.05) is 0 Å². The van der Waals surface area contributed by atoms with Crippen molar-refractivity contribution in [3.8, 4) is 5.75 Å². The molecule has 0 amide bonds. The maximum atomic E-state index is 10.7. The van der Waals surface area contributed by atoms with E-state index < -0.39 is 5.97 Å². The van der Waals surface area contributed by atoms with Crippen LogP contribution in [0.3, 0.4) is 0 Å². The number of carboxylic acid groups (broad SMARTS) is 1. The molecule has 0 spiro atoms. The van der Waals surface area contributed by atoms with E-state index in [2.05, 4.69) is 0 Å². The summed E-state index contributed by atoms with van der Waals surface area (Å²) in [5.74, 6) is -0.847. The number of rotatable bonds is 1. The van der Waals surface area contributed by atoms with Crippen LogP contribution in [0.2, 0.25) is 0 Å². The fourth-order valence-corrected chi connectivity index (χ4v) is 1.28. The summed E-state index contributed by atoms with van der Waals surface area (Å²) in [5.41, 5.74) is 1.44. The Hall–Kier alpha value is -1.51. The van der Waals surface area contributed by atoms with Gasteiger partial charge in [-0.15, -0.1) is 0 Å². The Morgan fingerprint density at radius 3 is 2.00 bits per heavy atom. The Bertz CT molecular complexity index is 306. The number of hydrogen-bond donors (Lipinski definition) is 2. The van der Waals surface area contributed by atoms with Gasteiger partial charge in [0.1, 0.15) is 5.75 Å². The second-order valence-corrected chi connectivity index (χ2v) is 2.76. The molecule has 0 aromatic heterocycles. The zero-order valence-corrected chi connectivity index (χ0v) is 6.96. The van der Waals surface area contributed by atoms with E-state index in [-0.39, 0.29) is 11.3 Å². The molecular formula is C9H10O3. The fraction of sp³-hybridized carbons (Fsp3) is 0.222. The molecule has 2 N–H and O–H groups in total. The van der Waals surface area contributed by atoms with E-state index in [0.717, 1.165) is 0 Å². The van der Waals surface area contributed by atoms with Crippen LogP contribution < -0.4 is 0 Å². The van der Waals surface area contributed by atoms with Gasteiger partial charge >= 0.3 is 5.97 Å². The molecule has 0 aliphatic carbocycles. The third-order valence-corrected chi connectivity index (χ3v) is 1.73. The molecule has 0 heterocycles. The van der Waals surface area contributed by atoms with Crippen LogP contribution in [0, 0.1) is 13.8 Å². The second kappa shape index (κ2) is 2.85. The lowest BCUT2D eigenvalue weighted by Crippen LogP contribution is -2.02. The monoisotopic (exact) mass is 166 g/mol. The number of aromatic carboxylic acids is 1. The Kier molecular flexibility index (Phi) is 2.04. The number of carboxylic acids is 1. The second-order valence-electron chi connectivity index (χ2n) is 2.76. The SMILES string of the molecule is Cc1cc(O)cc(C)c1C(=O)O. The number of phenols is 1. The largest absolute Gasteiger partial charge is 0.508 e. The van der Waals surface area contributed by atoms with Gasteiger partial charge in [0.25, 0.3) is 0 Å². The molecule has 0 radical (unpaired) electrons. The number of benzene rings is 1. The summed E-state index contributed by atoms with van der Waals surface area (Å²) in [6.07, 6.45) is 0. The lowest BCUT2D eigenvalue weighted by Gasteiger charge is -2.04. The minimum Gasteiger partial charge on any atom is -0.508 e. The van der Waals surface area contributed by atoms with Crippen LogP contribution in [-0.4, -0.2) is 16.2 Å². The molecule has 3 heteroatoms. The first-order valence-electron chi connectivity index (χ1n) is 3.56. The number of aryl methyl sites for hydroxylation is 2. The van der Waals surface area contributed by atoms with Crippen LogP contribution in [0.1, 0.15) is 21.5 Å². The zero-order chi connectivity index (χ0) is 9.30. The summed E-state index contributed by atoms with van der Waals surface area (Å²) in [5, 5.41) is 17.9. The molecule has 0 fully saturated rings. The summed E-state index contributed by atoms with van der Waals surface area (Å²) in [6, 6.07) is 2.88. The highest BCUT2D eigenvalue weighted by atomic mass is 16.4. The maximum Gasteiger partial charge on any atom is 0.336 e. The molecule has 0 aliphatic heterocycles. The predicted octanol–water partition coefficient (Wildman–Crippen LogP) is 1.71. The predicted molar refractivity (Wildman–Crippen MR) is 44.5 cm³/mol. The van der Waals surface area contributed by atoms with Crippen LogP contribution in [0.15, 0.2) is 12.1 Å². The molecule has 0 unspecified atom stereocenters. The molecule has 1 aromatic rings. The molecule has 0 saturated heterocycles. The first kappa shape index (κ1) is 8.59. The quantitative estimate of drug-likeness (QED) is 0.667. The molecule has 64 valence electrons. The Morgan fingerprint density at radius 1 is 1.25 bits per heavy atom. The van der Waals surface area contributed by atoms with Crippen LogP contribution in [0.5, 0.6) is 5.75 Å². The molecule has 12 heavy (non-hydrogen) atoms. The van der Waals surface area contributed by atoms with E-state index >= 15 is 0 Å². The van der Waals surface area contributed by atoms with Gasteiger partial charge in [0.2, 0.25) is 0 Å². The van der Waals surface area contributed by atoms with Crippen molar-refractivity contribution in [3.05, 3.63) is 28.8 Å². The Labute approximate surface area is 70.3 Å². The average Bonchev–Trinajstić information content (AvgIpc) is 1.82. The number of phenolic OH excluding ortho intramolecular Hbond substituents is 1. The topological polar surface area (TPSA) is 57.5 Å². The Morgan fingerprint density at radius 2 is 1.67 bits per heavy atom. The average molecular weight is 166 g/mol. The van der Waals surface area contributed by atoms with Gasteiger partial charge in [-0.05, 0) is 37.1 Å². The van der Waals surface area contributed by atoms with Gasteiger partial charge in [0.15, 0.2) is 0 Å². The van der Waals surface area contributed by atoms with Crippen molar-refractivity contribution in [3.63, 3.8) is 0 Å². The van der Waals surface area contributed by atoms with E-state index in [4.69, 9.17) is 10.2 Å². The first-order chi connectivity index (χ1) is 5.52. The zero-order valence-electron chi connectivity index (χ0n) is 6.96. The van der Waals surface area contributed by atoms with Crippen LogP contribution in [0.4, 0.5) is 0 Å².